The van der Waals surface area contributed by atoms with Gasteiger partial charge in [0.2, 0.25) is 0 Å². The van der Waals surface area contributed by atoms with Gasteiger partial charge < -0.3 is 14.9 Å². The number of esters is 1. The highest BCUT2D eigenvalue weighted by atomic mass is 16.5. The Morgan fingerprint density at radius 2 is 1.50 bits per heavy atom. The predicted octanol–water partition coefficient (Wildman–Crippen LogP) is 4.73. The Labute approximate surface area is 158 Å². The molecule has 4 nitrogen and oxygen atoms in total. The van der Waals surface area contributed by atoms with Gasteiger partial charge in [0.15, 0.2) is 0 Å². The molecule has 2 unspecified atom stereocenters. The number of benzene rings is 1. The summed E-state index contributed by atoms with van der Waals surface area (Å²) in [5, 5.41) is 20.1. The van der Waals surface area contributed by atoms with Gasteiger partial charge in [0.05, 0.1) is 18.6 Å². The first-order valence-corrected chi connectivity index (χ1v) is 9.80. The van der Waals surface area contributed by atoms with Crippen LogP contribution in [-0.4, -0.2) is 28.4 Å². The number of rotatable bonds is 12. The smallest absolute Gasteiger partial charge is 0.311 e. The number of aliphatic hydroxyl groups is 2. The molecule has 0 aromatic heterocycles. The average molecular weight is 365 g/mol. The van der Waals surface area contributed by atoms with E-state index in [1.54, 1.807) is 12.1 Å². The molecule has 0 heterocycles. The zero-order valence-electron chi connectivity index (χ0n) is 16.8. The molecule has 0 radical (unpaired) electrons. The van der Waals surface area contributed by atoms with Gasteiger partial charge >= 0.3 is 5.97 Å². The van der Waals surface area contributed by atoms with Crippen LogP contribution in [0.25, 0.3) is 0 Å². The van der Waals surface area contributed by atoms with Gasteiger partial charge in [-0.05, 0) is 62.0 Å². The summed E-state index contributed by atoms with van der Waals surface area (Å²) in [5.74, 6) is 0.898. The van der Waals surface area contributed by atoms with E-state index in [0.717, 1.165) is 19.3 Å². The first-order valence-electron chi connectivity index (χ1n) is 9.80. The third kappa shape index (κ3) is 10.6. The monoisotopic (exact) mass is 364 g/mol. The van der Waals surface area contributed by atoms with Crippen LogP contribution in [0.15, 0.2) is 30.3 Å². The SMILES string of the molecule is CC(C)CCC(O)CCC(O)CCC(C)(C)CC(=O)Oc1ccccc1. The standard InChI is InChI=1S/C22H36O4/c1-17(2)10-11-18(23)12-13-19(24)14-15-22(3,4)16-21(25)26-20-8-6-5-7-9-20/h5-9,17-19,23-24H,10-16H2,1-4H3. The minimum absolute atomic E-state index is 0.233. The van der Waals surface area contributed by atoms with Crippen molar-refractivity contribution in [2.75, 3.05) is 0 Å². The molecule has 0 aliphatic heterocycles. The predicted molar refractivity (Wildman–Crippen MR) is 105 cm³/mol. The first kappa shape index (κ1) is 22.7. The van der Waals surface area contributed by atoms with Crippen molar-refractivity contribution in [2.45, 2.75) is 84.8 Å². The number of ether oxygens (including phenoxy) is 1. The lowest BCUT2D eigenvalue weighted by molar-refractivity contribution is -0.136. The van der Waals surface area contributed by atoms with Gasteiger partial charge in [0.1, 0.15) is 5.75 Å². The van der Waals surface area contributed by atoms with E-state index in [2.05, 4.69) is 13.8 Å². The van der Waals surface area contributed by atoms with Crippen molar-refractivity contribution < 1.29 is 19.7 Å². The van der Waals surface area contributed by atoms with E-state index in [0.29, 0.717) is 37.4 Å². The lowest BCUT2D eigenvalue weighted by atomic mass is 9.83. The summed E-state index contributed by atoms with van der Waals surface area (Å²) >= 11 is 0. The van der Waals surface area contributed by atoms with E-state index >= 15 is 0 Å². The minimum atomic E-state index is -0.437. The van der Waals surface area contributed by atoms with Crippen molar-refractivity contribution in [3.05, 3.63) is 30.3 Å². The molecule has 26 heavy (non-hydrogen) atoms. The van der Waals surface area contributed by atoms with Crippen LogP contribution in [0.3, 0.4) is 0 Å². The van der Waals surface area contributed by atoms with E-state index in [1.807, 2.05) is 32.0 Å². The Bertz CT molecular complexity index is 510. The topological polar surface area (TPSA) is 66.8 Å². The molecule has 0 amide bonds. The van der Waals surface area contributed by atoms with Gasteiger partial charge in [0.25, 0.3) is 0 Å². The van der Waals surface area contributed by atoms with Crippen LogP contribution in [-0.2, 0) is 4.79 Å². The highest BCUT2D eigenvalue weighted by Gasteiger charge is 2.24. The second-order valence-electron chi connectivity index (χ2n) is 8.52. The number of hydrogen-bond acceptors (Lipinski definition) is 4. The number of para-hydroxylation sites is 1. The lowest BCUT2D eigenvalue weighted by Gasteiger charge is -2.25. The number of carbonyl (C=O) groups is 1. The molecule has 0 saturated heterocycles. The van der Waals surface area contributed by atoms with Crippen molar-refractivity contribution in [3.8, 4) is 5.75 Å². The Balaban J connectivity index is 2.27. The summed E-state index contributed by atoms with van der Waals surface area (Å²) < 4.78 is 5.35. The lowest BCUT2D eigenvalue weighted by Crippen LogP contribution is -2.23. The summed E-state index contributed by atoms with van der Waals surface area (Å²) in [6.07, 6.45) is 3.94. The first-order chi connectivity index (χ1) is 12.2. The largest absolute Gasteiger partial charge is 0.427 e. The van der Waals surface area contributed by atoms with Crippen molar-refractivity contribution >= 4 is 5.97 Å². The average Bonchev–Trinajstić information content (AvgIpc) is 2.56. The molecule has 0 aliphatic carbocycles. The zero-order chi connectivity index (χ0) is 19.6. The van der Waals surface area contributed by atoms with Crippen LogP contribution in [0.4, 0.5) is 0 Å². The third-order valence-corrected chi connectivity index (χ3v) is 4.66. The molecule has 0 saturated carbocycles. The maximum Gasteiger partial charge on any atom is 0.311 e. The Morgan fingerprint density at radius 3 is 2.08 bits per heavy atom. The molecule has 2 N–H and O–H groups in total. The van der Waals surface area contributed by atoms with E-state index in [-0.39, 0.29) is 17.5 Å². The summed E-state index contributed by atoms with van der Waals surface area (Å²) in [7, 11) is 0. The molecule has 0 spiro atoms. The number of carbonyl (C=O) groups excluding carboxylic acids is 1. The summed E-state index contributed by atoms with van der Waals surface area (Å²) in [6.45, 7) is 8.33. The fourth-order valence-electron chi connectivity index (χ4n) is 2.89. The second kappa shape index (κ2) is 11.3. The minimum Gasteiger partial charge on any atom is -0.427 e. The molecular weight excluding hydrogens is 328 g/mol. The van der Waals surface area contributed by atoms with E-state index < -0.39 is 6.10 Å². The Kier molecular flexibility index (Phi) is 9.89. The van der Waals surface area contributed by atoms with Crippen LogP contribution >= 0.6 is 0 Å². The molecule has 148 valence electrons. The highest BCUT2D eigenvalue weighted by Crippen LogP contribution is 2.29. The maximum atomic E-state index is 12.1. The van der Waals surface area contributed by atoms with Crippen molar-refractivity contribution in [1.29, 1.82) is 0 Å². The molecule has 0 bridgehead atoms. The van der Waals surface area contributed by atoms with Gasteiger partial charge in [-0.1, -0.05) is 45.9 Å². The fraction of sp³-hybridized carbons (Fsp3) is 0.682. The van der Waals surface area contributed by atoms with Gasteiger partial charge in [-0.3, -0.25) is 4.79 Å². The van der Waals surface area contributed by atoms with Crippen molar-refractivity contribution in [2.24, 2.45) is 11.3 Å². The second-order valence-corrected chi connectivity index (χ2v) is 8.52. The summed E-state index contributed by atoms with van der Waals surface area (Å²) in [6, 6.07) is 9.07. The molecule has 1 rings (SSSR count). The van der Waals surface area contributed by atoms with E-state index in [4.69, 9.17) is 4.74 Å². The molecule has 0 fully saturated rings. The van der Waals surface area contributed by atoms with Crippen LogP contribution in [0.2, 0.25) is 0 Å². The molecule has 4 heteroatoms. The number of aliphatic hydroxyl groups excluding tert-OH is 2. The van der Waals surface area contributed by atoms with Crippen molar-refractivity contribution in [1.82, 2.24) is 0 Å². The van der Waals surface area contributed by atoms with Crippen LogP contribution < -0.4 is 4.74 Å². The van der Waals surface area contributed by atoms with Crippen LogP contribution in [0.5, 0.6) is 5.75 Å². The van der Waals surface area contributed by atoms with Gasteiger partial charge in [-0.25, -0.2) is 0 Å². The number of hydrogen-bond donors (Lipinski definition) is 2. The molecule has 2 atom stereocenters. The molecule has 1 aromatic carbocycles. The van der Waals surface area contributed by atoms with Crippen LogP contribution in [0, 0.1) is 11.3 Å². The van der Waals surface area contributed by atoms with Crippen LogP contribution in [0.1, 0.15) is 72.6 Å². The quantitative estimate of drug-likeness (QED) is 0.416. The fourth-order valence-corrected chi connectivity index (χ4v) is 2.89. The molecular formula is C22H36O4. The van der Waals surface area contributed by atoms with Crippen molar-refractivity contribution in [3.63, 3.8) is 0 Å². The molecule has 0 aliphatic rings. The third-order valence-electron chi connectivity index (χ3n) is 4.66. The van der Waals surface area contributed by atoms with E-state index in [9.17, 15) is 15.0 Å². The van der Waals surface area contributed by atoms with Gasteiger partial charge in [-0.2, -0.15) is 0 Å². The Morgan fingerprint density at radius 1 is 0.962 bits per heavy atom. The summed E-state index contributed by atoms with van der Waals surface area (Å²) in [5.41, 5.74) is -0.233. The van der Waals surface area contributed by atoms with Gasteiger partial charge in [-0.15, -0.1) is 0 Å². The summed E-state index contributed by atoms with van der Waals surface area (Å²) in [4.78, 5) is 12.1. The Hall–Kier alpha value is -1.39. The molecule has 1 aromatic rings. The van der Waals surface area contributed by atoms with E-state index in [1.165, 1.54) is 0 Å². The maximum absolute atomic E-state index is 12.1. The highest BCUT2D eigenvalue weighted by molar-refractivity contribution is 5.73. The van der Waals surface area contributed by atoms with Gasteiger partial charge in [0, 0.05) is 0 Å². The zero-order valence-corrected chi connectivity index (χ0v) is 16.8. The normalized spacial score (nSPS) is 14.3.